The maximum Gasteiger partial charge on any atom is 0.338 e. The van der Waals surface area contributed by atoms with Gasteiger partial charge in [0.25, 0.3) is 0 Å². The lowest BCUT2D eigenvalue weighted by Crippen LogP contribution is -2.05. The average molecular weight is 318 g/mol. The molecule has 0 bridgehead atoms. The number of halogens is 1. The van der Waals surface area contributed by atoms with Crippen molar-refractivity contribution in [3.05, 3.63) is 47.3 Å². The van der Waals surface area contributed by atoms with Gasteiger partial charge in [0, 0.05) is 5.56 Å². The molecule has 0 aliphatic heterocycles. The molecule has 0 atom stereocenters. The Labute approximate surface area is 132 Å². The predicted molar refractivity (Wildman–Crippen MR) is 81.7 cm³/mol. The summed E-state index contributed by atoms with van der Waals surface area (Å²) in [6.45, 7) is 0. The van der Waals surface area contributed by atoms with E-state index in [-0.39, 0.29) is 22.4 Å². The SMILES string of the molecule is COC(=O)c1cc(OC)ccc1-c1cc(F)c(OC)cc1C=O. The van der Waals surface area contributed by atoms with Gasteiger partial charge < -0.3 is 14.2 Å². The van der Waals surface area contributed by atoms with Crippen molar-refractivity contribution in [2.75, 3.05) is 21.3 Å². The van der Waals surface area contributed by atoms with Crippen LogP contribution in [0.25, 0.3) is 11.1 Å². The van der Waals surface area contributed by atoms with E-state index in [9.17, 15) is 14.0 Å². The van der Waals surface area contributed by atoms with Gasteiger partial charge in [0.05, 0.1) is 26.9 Å². The topological polar surface area (TPSA) is 61.8 Å². The number of aldehydes is 1. The number of esters is 1. The third kappa shape index (κ3) is 3.15. The molecule has 0 fully saturated rings. The zero-order valence-electron chi connectivity index (χ0n) is 12.9. The molecular weight excluding hydrogens is 303 g/mol. The fourth-order valence-electron chi connectivity index (χ4n) is 2.22. The van der Waals surface area contributed by atoms with E-state index in [2.05, 4.69) is 0 Å². The van der Waals surface area contributed by atoms with E-state index in [0.29, 0.717) is 17.6 Å². The van der Waals surface area contributed by atoms with Crippen LogP contribution in [0, 0.1) is 5.82 Å². The van der Waals surface area contributed by atoms with Gasteiger partial charge in [0.2, 0.25) is 0 Å². The summed E-state index contributed by atoms with van der Waals surface area (Å²) in [5.41, 5.74) is 0.987. The van der Waals surface area contributed by atoms with Gasteiger partial charge >= 0.3 is 5.97 Å². The van der Waals surface area contributed by atoms with Crippen LogP contribution in [-0.2, 0) is 4.74 Å². The minimum Gasteiger partial charge on any atom is -0.497 e. The van der Waals surface area contributed by atoms with Crippen molar-refractivity contribution in [3.63, 3.8) is 0 Å². The Hall–Kier alpha value is -2.89. The van der Waals surface area contributed by atoms with Crippen LogP contribution >= 0.6 is 0 Å². The van der Waals surface area contributed by atoms with E-state index in [0.717, 1.165) is 6.07 Å². The zero-order chi connectivity index (χ0) is 17.0. The summed E-state index contributed by atoms with van der Waals surface area (Å²) < 4.78 is 28.7. The van der Waals surface area contributed by atoms with E-state index in [1.807, 2.05) is 0 Å². The van der Waals surface area contributed by atoms with E-state index in [1.54, 1.807) is 12.1 Å². The van der Waals surface area contributed by atoms with Crippen molar-refractivity contribution < 1.29 is 28.2 Å². The molecule has 23 heavy (non-hydrogen) atoms. The van der Waals surface area contributed by atoms with Crippen LogP contribution in [-0.4, -0.2) is 33.6 Å². The summed E-state index contributed by atoms with van der Waals surface area (Å²) in [6, 6.07) is 7.08. The van der Waals surface area contributed by atoms with Gasteiger partial charge in [0.1, 0.15) is 5.75 Å². The Balaban J connectivity index is 2.73. The average Bonchev–Trinajstić information content (AvgIpc) is 2.60. The molecule has 0 spiro atoms. The molecule has 120 valence electrons. The van der Waals surface area contributed by atoms with Gasteiger partial charge in [-0.15, -0.1) is 0 Å². The van der Waals surface area contributed by atoms with Crippen molar-refractivity contribution in [1.82, 2.24) is 0 Å². The lowest BCUT2D eigenvalue weighted by Gasteiger charge is -2.13. The smallest absolute Gasteiger partial charge is 0.338 e. The predicted octanol–water partition coefficient (Wildman–Crippen LogP) is 3.11. The first-order chi connectivity index (χ1) is 11.0. The van der Waals surface area contributed by atoms with Gasteiger partial charge in [-0.1, -0.05) is 0 Å². The highest BCUT2D eigenvalue weighted by Crippen LogP contribution is 2.33. The Morgan fingerprint density at radius 3 is 2.35 bits per heavy atom. The minimum atomic E-state index is -0.639. The van der Waals surface area contributed by atoms with Crippen molar-refractivity contribution in [2.45, 2.75) is 0 Å². The second-order valence-corrected chi connectivity index (χ2v) is 4.59. The Morgan fingerprint density at radius 1 is 1.04 bits per heavy atom. The summed E-state index contributed by atoms with van der Waals surface area (Å²) >= 11 is 0. The van der Waals surface area contributed by atoms with Crippen LogP contribution in [0.3, 0.4) is 0 Å². The number of benzene rings is 2. The summed E-state index contributed by atoms with van der Waals surface area (Å²) in [6.07, 6.45) is 0.572. The first kappa shape index (κ1) is 16.5. The third-order valence-corrected chi connectivity index (χ3v) is 3.37. The van der Waals surface area contributed by atoms with E-state index in [1.165, 1.54) is 33.5 Å². The highest BCUT2D eigenvalue weighted by Gasteiger charge is 2.19. The number of methoxy groups -OCH3 is 3. The molecule has 0 heterocycles. The van der Waals surface area contributed by atoms with Crippen molar-refractivity contribution in [2.24, 2.45) is 0 Å². The van der Waals surface area contributed by atoms with Gasteiger partial charge in [-0.3, -0.25) is 4.79 Å². The summed E-state index contributed by atoms with van der Waals surface area (Å²) in [4.78, 5) is 23.3. The maximum atomic E-state index is 14.0. The molecule has 0 aliphatic carbocycles. The Bertz CT molecular complexity index is 755. The summed E-state index contributed by atoms with van der Waals surface area (Å²) in [5, 5.41) is 0. The van der Waals surface area contributed by atoms with Crippen LogP contribution in [0.2, 0.25) is 0 Å². The molecule has 6 heteroatoms. The third-order valence-electron chi connectivity index (χ3n) is 3.37. The second-order valence-electron chi connectivity index (χ2n) is 4.59. The summed E-state index contributed by atoms with van der Waals surface area (Å²) in [7, 11) is 4.00. The molecule has 2 rings (SSSR count). The van der Waals surface area contributed by atoms with Crippen molar-refractivity contribution in [1.29, 1.82) is 0 Å². The van der Waals surface area contributed by atoms with E-state index >= 15 is 0 Å². The molecule has 0 aromatic heterocycles. The fourth-order valence-corrected chi connectivity index (χ4v) is 2.22. The number of hydrogen-bond donors (Lipinski definition) is 0. The first-order valence-electron chi connectivity index (χ1n) is 6.65. The van der Waals surface area contributed by atoms with Gasteiger partial charge in [-0.05, 0) is 41.5 Å². The normalized spacial score (nSPS) is 10.1. The van der Waals surface area contributed by atoms with Crippen LogP contribution in [0.4, 0.5) is 4.39 Å². The molecule has 0 aliphatic rings. The first-order valence-corrected chi connectivity index (χ1v) is 6.65. The van der Waals surface area contributed by atoms with Crippen molar-refractivity contribution >= 4 is 12.3 Å². The van der Waals surface area contributed by atoms with E-state index in [4.69, 9.17) is 14.2 Å². The number of carbonyl (C=O) groups is 2. The van der Waals surface area contributed by atoms with Gasteiger partial charge in [-0.25, -0.2) is 9.18 Å². The molecule has 5 nitrogen and oxygen atoms in total. The lowest BCUT2D eigenvalue weighted by atomic mass is 9.95. The van der Waals surface area contributed by atoms with Crippen LogP contribution in [0.5, 0.6) is 11.5 Å². The molecule has 0 amide bonds. The Kier molecular flexibility index (Phi) is 4.95. The summed E-state index contributed by atoms with van der Waals surface area (Å²) in [5.74, 6) is -0.869. The van der Waals surface area contributed by atoms with Gasteiger partial charge in [-0.2, -0.15) is 0 Å². The van der Waals surface area contributed by atoms with Gasteiger partial charge in [0.15, 0.2) is 17.9 Å². The maximum absolute atomic E-state index is 14.0. The molecular formula is C17H15FO5. The highest BCUT2D eigenvalue weighted by atomic mass is 19.1. The Morgan fingerprint density at radius 2 is 1.78 bits per heavy atom. The standard InChI is InChI=1S/C17H15FO5/c1-21-11-4-5-12(14(7-11)17(20)23-3)13-8-15(18)16(22-2)6-10(13)9-19/h4-9H,1-3H3. The highest BCUT2D eigenvalue weighted by molar-refractivity contribution is 6.00. The molecule has 2 aromatic carbocycles. The molecule has 0 saturated carbocycles. The second kappa shape index (κ2) is 6.91. The minimum absolute atomic E-state index is 0.0519. The van der Waals surface area contributed by atoms with E-state index < -0.39 is 11.8 Å². The van der Waals surface area contributed by atoms with Crippen LogP contribution in [0.15, 0.2) is 30.3 Å². The van der Waals surface area contributed by atoms with Crippen molar-refractivity contribution in [3.8, 4) is 22.6 Å². The molecule has 0 radical (unpaired) electrons. The number of ether oxygens (including phenoxy) is 3. The zero-order valence-corrected chi connectivity index (χ0v) is 12.9. The number of rotatable bonds is 5. The largest absolute Gasteiger partial charge is 0.497 e. The quantitative estimate of drug-likeness (QED) is 0.626. The monoisotopic (exact) mass is 318 g/mol. The number of hydrogen-bond acceptors (Lipinski definition) is 5. The molecule has 2 aromatic rings. The molecule has 0 N–H and O–H groups in total. The van der Waals surface area contributed by atoms with Crippen LogP contribution < -0.4 is 9.47 Å². The number of carbonyl (C=O) groups excluding carboxylic acids is 2. The molecule has 0 unspecified atom stereocenters. The molecule has 0 saturated heterocycles. The van der Waals surface area contributed by atoms with Crippen LogP contribution in [0.1, 0.15) is 20.7 Å². The lowest BCUT2D eigenvalue weighted by molar-refractivity contribution is 0.0601. The fraction of sp³-hybridized carbons (Fsp3) is 0.176.